The number of aromatic nitrogens is 2. The zero-order valence-corrected chi connectivity index (χ0v) is 13.0. The number of H-pyrrole nitrogens is 1. The maximum atomic E-state index is 4.43. The van der Waals surface area contributed by atoms with Crippen LogP contribution in [0.15, 0.2) is 36.4 Å². The van der Waals surface area contributed by atoms with Crippen molar-refractivity contribution in [3.05, 3.63) is 58.9 Å². The lowest BCUT2D eigenvalue weighted by Crippen LogP contribution is -2.07. The Morgan fingerprint density at radius 1 is 1.00 bits per heavy atom. The monoisotopic (exact) mass is 279 g/mol. The third kappa shape index (κ3) is 2.77. The van der Waals surface area contributed by atoms with Crippen LogP contribution < -0.4 is 5.32 Å². The number of hydrogen-bond acceptors (Lipinski definition) is 2. The van der Waals surface area contributed by atoms with Crippen molar-refractivity contribution in [2.75, 3.05) is 5.32 Å². The average molecular weight is 279 g/mol. The standard InChI is InChI=1S/C18H21N3/c1-11-5-6-15(9-12(11)2)13(3)19-16-7-8-17-18(10-16)21-14(4)20-17/h5-10,13,19H,1-4H3,(H,20,21). The van der Waals surface area contributed by atoms with E-state index in [0.29, 0.717) is 0 Å². The fraction of sp³-hybridized carbons (Fsp3) is 0.278. The summed E-state index contributed by atoms with van der Waals surface area (Å²) in [5.74, 6) is 0.948. The summed E-state index contributed by atoms with van der Waals surface area (Å²) in [7, 11) is 0. The summed E-state index contributed by atoms with van der Waals surface area (Å²) < 4.78 is 0. The van der Waals surface area contributed by atoms with Crippen LogP contribution in [0.25, 0.3) is 11.0 Å². The minimum atomic E-state index is 0.269. The van der Waals surface area contributed by atoms with Crippen LogP contribution in [0.5, 0.6) is 0 Å². The van der Waals surface area contributed by atoms with E-state index in [0.717, 1.165) is 22.5 Å². The SMILES string of the molecule is Cc1nc2ccc(NC(C)c3ccc(C)c(C)c3)cc2[nH]1. The van der Waals surface area contributed by atoms with Crippen LogP contribution in [0.1, 0.15) is 35.5 Å². The Hall–Kier alpha value is -2.29. The van der Waals surface area contributed by atoms with Gasteiger partial charge in [0.25, 0.3) is 0 Å². The van der Waals surface area contributed by atoms with Gasteiger partial charge in [0.05, 0.1) is 11.0 Å². The summed E-state index contributed by atoms with van der Waals surface area (Å²) in [4.78, 5) is 7.71. The van der Waals surface area contributed by atoms with Crippen LogP contribution in [-0.2, 0) is 0 Å². The normalized spacial score (nSPS) is 12.6. The van der Waals surface area contributed by atoms with E-state index in [1.165, 1.54) is 16.7 Å². The number of imidazole rings is 1. The second-order valence-corrected chi connectivity index (χ2v) is 5.76. The van der Waals surface area contributed by atoms with Gasteiger partial charge in [-0.25, -0.2) is 4.98 Å². The molecule has 2 N–H and O–H groups in total. The summed E-state index contributed by atoms with van der Waals surface area (Å²) in [5.41, 5.74) is 7.17. The Kier molecular flexibility index (Phi) is 3.42. The van der Waals surface area contributed by atoms with Crippen LogP contribution in [0, 0.1) is 20.8 Å². The molecule has 0 aliphatic rings. The van der Waals surface area contributed by atoms with Crippen molar-refractivity contribution < 1.29 is 0 Å². The number of nitrogens with one attached hydrogen (secondary N) is 2. The largest absolute Gasteiger partial charge is 0.378 e. The molecule has 0 saturated carbocycles. The minimum absolute atomic E-state index is 0.269. The van der Waals surface area contributed by atoms with Crippen LogP contribution in [0.3, 0.4) is 0 Å². The lowest BCUT2D eigenvalue weighted by molar-refractivity contribution is 0.882. The number of benzene rings is 2. The van der Waals surface area contributed by atoms with Gasteiger partial charge in [0.1, 0.15) is 5.82 Å². The predicted octanol–water partition coefficient (Wildman–Crippen LogP) is 4.66. The number of anilines is 1. The van der Waals surface area contributed by atoms with Crippen LogP contribution in [0.2, 0.25) is 0 Å². The Morgan fingerprint density at radius 3 is 2.57 bits per heavy atom. The number of aromatic amines is 1. The fourth-order valence-corrected chi connectivity index (χ4v) is 2.59. The summed E-state index contributed by atoms with van der Waals surface area (Å²) in [6, 6.07) is 13.2. The predicted molar refractivity (Wildman–Crippen MR) is 88.8 cm³/mol. The second-order valence-electron chi connectivity index (χ2n) is 5.76. The van der Waals surface area contributed by atoms with E-state index in [1.807, 2.05) is 13.0 Å². The van der Waals surface area contributed by atoms with Crippen LogP contribution >= 0.6 is 0 Å². The van der Waals surface area contributed by atoms with Gasteiger partial charge in [0.15, 0.2) is 0 Å². The van der Waals surface area contributed by atoms with E-state index >= 15 is 0 Å². The van der Waals surface area contributed by atoms with Gasteiger partial charge >= 0.3 is 0 Å². The molecular formula is C18H21N3. The molecule has 1 aromatic heterocycles. The molecule has 0 bridgehead atoms. The van der Waals surface area contributed by atoms with Gasteiger partial charge in [-0.3, -0.25) is 0 Å². The van der Waals surface area contributed by atoms with Crippen LogP contribution in [0.4, 0.5) is 5.69 Å². The summed E-state index contributed by atoms with van der Waals surface area (Å²) in [5, 5.41) is 3.56. The highest BCUT2D eigenvalue weighted by molar-refractivity contribution is 5.79. The van der Waals surface area contributed by atoms with E-state index in [2.05, 4.69) is 66.4 Å². The van der Waals surface area contributed by atoms with Crippen molar-refractivity contribution in [3.8, 4) is 0 Å². The number of nitrogens with zero attached hydrogens (tertiary/aromatic N) is 1. The molecule has 108 valence electrons. The zero-order chi connectivity index (χ0) is 15.0. The summed E-state index contributed by atoms with van der Waals surface area (Å²) in [6.07, 6.45) is 0. The highest BCUT2D eigenvalue weighted by Crippen LogP contribution is 2.23. The Balaban J connectivity index is 1.84. The number of fused-ring (bicyclic) bond motifs is 1. The summed E-state index contributed by atoms with van der Waals surface area (Å²) in [6.45, 7) is 8.47. The molecule has 3 heteroatoms. The zero-order valence-electron chi connectivity index (χ0n) is 13.0. The molecule has 0 aliphatic heterocycles. The van der Waals surface area contributed by atoms with E-state index in [4.69, 9.17) is 0 Å². The Morgan fingerprint density at radius 2 is 1.81 bits per heavy atom. The van der Waals surface area contributed by atoms with E-state index in [9.17, 15) is 0 Å². The minimum Gasteiger partial charge on any atom is -0.378 e. The first-order valence-electron chi connectivity index (χ1n) is 7.33. The molecule has 0 aliphatic carbocycles. The lowest BCUT2D eigenvalue weighted by atomic mass is 10.0. The molecule has 0 saturated heterocycles. The molecule has 21 heavy (non-hydrogen) atoms. The van der Waals surface area contributed by atoms with Crippen molar-refractivity contribution in [2.45, 2.75) is 33.7 Å². The second kappa shape index (κ2) is 5.24. The molecule has 3 aromatic rings. The van der Waals surface area contributed by atoms with E-state index in [1.54, 1.807) is 0 Å². The highest BCUT2D eigenvalue weighted by Gasteiger charge is 2.07. The van der Waals surface area contributed by atoms with Gasteiger partial charge in [-0.15, -0.1) is 0 Å². The first-order valence-corrected chi connectivity index (χ1v) is 7.33. The number of hydrogen-bond donors (Lipinski definition) is 2. The van der Waals surface area contributed by atoms with Gasteiger partial charge < -0.3 is 10.3 Å². The molecule has 1 unspecified atom stereocenters. The third-order valence-electron chi connectivity index (χ3n) is 4.01. The van der Waals surface area contributed by atoms with Gasteiger partial charge in [-0.2, -0.15) is 0 Å². The molecule has 0 radical (unpaired) electrons. The van der Waals surface area contributed by atoms with Gasteiger partial charge in [0, 0.05) is 11.7 Å². The van der Waals surface area contributed by atoms with Crippen molar-refractivity contribution in [1.29, 1.82) is 0 Å². The van der Waals surface area contributed by atoms with Gasteiger partial charge in [-0.05, 0) is 62.6 Å². The van der Waals surface area contributed by atoms with Crippen molar-refractivity contribution in [2.24, 2.45) is 0 Å². The molecule has 3 rings (SSSR count). The number of aryl methyl sites for hydroxylation is 3. The van der Waals surface area contributed by atoms with Crippen molar-refractivity contribution in [1.82, 2.24) is 9.97 Å². The fourth-order valence-electron chi connectivity index (χ4n) is 2.59. The molecule has 0 spiro atoms. The third-order valence-corrected chi connectivity index (χ3v) is 4.01. The summed E-state index contributed by atoms with van der Waals surface area (Å²) >= 11 is 0. The first-order chi connectivity index (χ1) is 10.0. The highest BCUT2D eigenvalue weighted by atomic mass is 14.9. The molecular weight excluding hydrogens is 258 g/mol. The molecule has 3 nitrogen and oxygen atoms in total. The molecule has 1 heterocycles. The smallest absolute Gasteiger partial charge is 0.104 e. The maximum Gasteiger partial charge on any atom is 0.104 e. The average Bonchev–Trinajstić information content (AvgIpc) is 2.81. The maximum absolute atomic E-state index is 4.43. The van der Waals surface area contributed by atoms with Gasteiger partial charge in [-0.1, -0.05) is 18.2 Å². The molecule has 0 fully saturated rings. The molecule has 0 amide bonds. The van der Waals surface area contributed by atoms with Crippen molar-refractivity contribution in [3.63, 3.8) is 0 Å². The lowest BCUT2D eigenvalue weighted by Gasteiger charge is -2.17. The van der Waals surface area contributed by atoms with Gasteiger partial charge in [0.2, 0.25) is 0 Å². The quantitative estimate of drug-likeness (QED) is 0.732. The van der Waals surface area contributed by atoms with E-state index in [-0.39, 0.29) is 6.04 Å². The van der Waals surface area contributed by atoms with E-state index < -0.39 is 0 Å². The first kappa shape index (κ1) is 13.7. The Bertz CT molecular complexity index is 786. The Labute approximate surface area is 125 Å². The number of rotatable bonds is 3. The topological polar surface area (TPSA) is 40.7 Å². The van der Waals surface area contributed by atoms with Crippen LogP contribution in [-0.4, -0.2) is 9.97 Å². The van der Waals surface area contributed by atoms with Crippen molar-refractivity contribution >= 4 is 16.7 Å². The molecule has 2 aromatic carbocycles. The molecule has 1 atom stereocenters.